The number of ether oxygens (including phenoxy) is 1. The summed E-state index contributed by atoms with van der Waals surface area (Å²) in [5.74, 6) is 1.36. The van der Waals surface area contributed by atoms with Crippen molar-refractivity contribution in [2.75, 3.05) is 11.9 Å². The average Bonchev–Trinajstić information content (AvgIpc) is 3.01. The summed E-state index contributed by atoms with van der Waals surface area (Å²) in [7, 11) is 0. The van der Waals surface area contributed by atoms with Crippen molar-refractivity contribution < 1.29 is 9.53 Å². The molecule has 0 fully saturated rings. The Morgan fingerprint density at radius 1 is 1.41 bits per heavy atom. The van der Waals surface area contributed by atoms with Crippen LogP contribution in [0.3, 0.4) is 0 Å². The van der Waals surface area contributed by atoms with Crippen molar-refractivity contribution in [1.29, 1.82) is 0 Å². The molecule has 1 aliphatic heterocycles. The molecule has 2 heterocycles. The Labute approximate surface area is 129 Å². The van der Waals surface area contributed by atoms with Crippen LogP contribution in [0.25, 0.3) is 6.08 Å². The number of benzene rings is 1. The highest BCUT2D eigenvalue weighted by molar-refractivity contribution is 6.07. The smallest absolute Gasteiger partial charge is 0.256 e. The summed E-state index contributed by atoms with van der Waals surface area (Å²) < 4.78 is 7.45. The first-order chi connectivity index (χ1) is 10.7. The minimum atomic E-state index is -0.153. The van der Waals surface area contributed by atoms with Gasteiger partial charge in [0.15, 0.2) is 0 Å². The second kappa shape index (κ2) is 6.05. The van der Waals surface area contributed by atoms with Gasteiger partial charge in [-0.15, -0.1) is 0 Å². The van der Waals surface area contributed by atoms with Gasteiger partial charge in [-0.3, -0.25) is 4.79 Å². The first kappa shape index (κ1) is 14.4. The highest BCUT2D eigenvalue weighted by Gasteiger charge is 2.18. The topological polar surface area (TPSA) is 56.2 Å². The minimum Gasteiger partial charge on any atom is -0.488 e. The van der Waals surface area contributed by atoms with E-state index in [-0.39, 0.29) is 18.6 Å². The van der Waals surface area contributed by atoms with Crippen molar-refractivity contribution in [3.63, 3.8) is 0 Å². The van der Waals surface area contributed by atoms with Crippen LogP contribution in [-0.4, -0.2) is 22.3 Å². The Hall–Kier alpha value is -2.56. The van der Waals surface area contributed by atoms with E-state index < -0.39 is 0 Å². The SMILES string of the molecule is CCC(C)n1nccc1NC(=O)C1=Cc2ccccc2OC1. The lowest BCUT2D eigenvalue weighted by Crippen LogP contribution is -2.23. The molecule has 0 bridgehead atoms. The number of nitrogens with one attached hydrogen (secondary N) is 1. The molecule has 2 aromatic rings. The standard InChI is InChI=1S/C17H19N3O2/c1-3-12(2)20-16(8-9-18-20)19-17(21)14-10-13-6-4-5-7-15(13)22-11-14/h4-10,12H,3,11H2,1-2H3,(H,19,21). The molecule has 3 rings (SSSR count). The molecule has 1 aliphatic rings. The Bertz CT molecular complexity index is 718. The second-order valence-corrected chi connectivity index (χ2v) is 5.37. The third-order valence-corrected chi connectivity index (χ3v) is 3.84. The Morgan fingerprint density at radius 3 is 3.05 bits per heavy atom. The summed E-state index contributed by atoms with van der Waals surface area (Å²) in [6, 6.07) is 9.73. The van der Waals surface area contributed by atoms with Gasteiger partial charge in [0.2, 0.25) is 0 Å². The molecule has 22 heavy (non-hydrogen) atoms. The molecule has 0 aliphatic carbocycles. The second-order valence-electron chi connectivity index (χ2n) is 5.37. The number of nitrogens with zero attached hydrogens (tertiary/aromatic N) is 2. The van der Waals surface area contributed by atoms with Gasteiger partial charge >= 0.3 is 0 Å². The largest absolute Gasteiger partial charge is 0.488 e. The van der Waals surface area contributed by atoms with E-state index in [0.717, 1.165) is 17.7 Å². The predicted molar refractivity (Wildman–Crippen MR) is 85.8 cm³/mol. The molecule has 1 N–H and O–H groups in total. The van der Waals surface area contributed by atoms with Crippen molar-refractivity contribution in [3.05, 3.63) is 47.7 Å². The average molecular weight is 297 g/mol. The fourth-order valence-corrected chi connectivity index (χ4v) is 2.38. The highest BCUT2D eigenvalue weighted by Crippen LogP contribution is 2.26. The Morgan fingerprint density at radius 2 is 2.23 bits per heavy atom. The summed E-state index contributed by atoms with van der Waals surface area (Å²) >= 11 is 0. The molecular formula is C17H19N3O2. The predicted octanol–water partition coefficient (Wildman–Crippen LogP) is 3.27. The molecule has 1 atom stereocenters. The molecule has 114 valence electrons. The van der Waals surface area contributed by atoms with E-state index in [1.807, 2.05) is 41.1 Å². The molecule has 1 aromatic heterocycles. The fourth-order valence-electron chi connectivity index (χ4n) is 2.38. The maximum absolute atomic E-state index is 12.4. The third kappa shape index (κ3) is 2.74. The van der Waals surface area contributed by atoms with Gasteiger partial charge in [0.05, 0.1) is 17.8 Å². The number of carbonyl (C=O) groups excluding carboxylic acids is 1. The summed E-state index contributed by atoms with van der Waals surface area (Å²) in [4.78, 5) is 12.4. The molecule has 1 aromatic carbocycles. The van der Waals surface area contributed by atoms with Crippen molar-refractivity contribution in [1.82, 2.24) is 9.78 Å². The molecule has 0 saturated heterocycles. The Balaban J connectivity index is 1.79. The van der Waals surface area contributed by atoms with Crippen molar-refractivity contribution in [2.24, 2.45) is 0 Å². The van der Waals surface area contributed by atoms with Crippen molar-refractivity contribution in [3.8, 4) is 5.75 Å². The maximum atomic E-state index is 12.4. The van der Waals surface area contributed by atoms with Crippen LogP contribution in [0, 0.1) is 0 Å². The van der Waals surface area contributed by atoms with Gasteiger partial charge in [0.25, 0.3) is 5.91 Å². The van der Waals surface area contributed by atoms with Gasteiger partial charge in [-0.1, -0.05) is 25.1 Å². The Kier molecular flexibility index (Phi) is 3.96. The molecule has 1 amide bonds. The first-order valence-electron chi connectivity index (χ1n) is 7.46. The van der Waals surface area contributed by atoms with E-state index in [0.29, 0.717) is 11.4 Å². The summed E-state index contributed by atoms with van der Waals surface area (Å²) in [6.07, 6.45) is 4.52. The number of hydrogen-bond donors (Lipinski definition) is 1. The summed E-state index contributed by atoms with van der Waals surface area (Å²) in [5, 5.41) is 7.19. The minimum absolute atomic E-state index is 0.153. The third-order valence-electron chi connectivity index (χ3n) is 3.84. The number of carbonyl (C=O) groups is 1. The first-order valence-corrected chi connectivity index (χ1v) is 7.46. The van der Waals surface area contributed by atoms with Crippen LogP contribution in [-0.2, 0) is 4.79 Å². The van der Waals surface area contributed by atoms with E-state index in [4.69, 9.17) is 4.74 Å². The molecule has 5 heteroatoms. The van der Waals surface area contributed by atoms with Crippen LogP contribution in [0.4, 0.5) is 5.82 Å². The zero-order chi connectivity index (χ0) is 15.5. The van der Waals surface area contributed by atoms with Crippen LogP contribution < -0.4 is 10.1 Å². The lowest BCUT2D eigenvalue weighted by Gasteiger charge is -2.18. The number of anilines is 1. The van der Waals surface area contributed by atoms with Crippen molar-refractivity contribution >= 4 is 17.8 Å². The lowest BCUT2D eigenvalue weighted by atomic mass is 10.1. The maximum Gasteiger partial charge on any atom is 0.256 e. The van der Waals surface area contributed by atoms with E-state index >= 15 is 0 Å². The highest BCUT2D eigenvalue weighted by atomic mass is 16.5. The van der Waals surface area contributed by atoms with Crippen molar-refractivity contribution in [2.45, 2.75) is 26.3 Å². The zero-order valence-corrected chi connectivity index (χ0v) is 12.7. The van der Waals surface area contributed by atoms with Gasteiger partial charge in [-0.2, -0.15) is 5.10 Å². The number of aromatic nitrogens is 2. The number of hydrogen-bond acceptors (Lipinski definition) is 3. The van der Waals surface area contributed by atoms with Crippen LogP contribution in [0.15, 0.2) is 42.1 Å². The van der Waals surface area contributed by atoms with Gasteiger partial charge in [0, 0.05) is 11.6 Å². The van der Waals surface area contributed by atoms with Gasteiger partial charge in [0.1, 0.15) is 18.2 Å². The fraction of sp³-hybridized carbons (Fsp3) is 0.294. The van der Waals surface area contributed by atoms with Gasteiger partial charge in [-0.05, 0) is 25.5 Å². The van der Waals surface area contributed by atoms with Crippen LogP contribution in [0.2, 0.25) is 0 Å². The number of rotatable bonds is 4. The van der Waals surface area contributed by atoms with Crippen LogP contribution in [0.5, 0.6) is 5.75 Å². The van der Waals surface area contributed by atoms with E-state index in [1.165, 1.54) is 0 Å². The quantitative estimate of drug-likeness (QED) is 0.942. The number of fused-ring (bicyclic) bond motifs is 1. The van der Waals surface area contributed by atoms with E-state index in [9.17, 15) is 4.79 Å². The molecule has 5 nitrogen and oxygen atoms in total. The molecular weight excluding hydrogens is 278 g/mol. The molecule has 0 spiro atoms. The zero-order valence-electron chi connectivity index (χ0n) is 12.7. The number of amides is 1. The van der Waals surface area contributed by atoms with Crippen LogP contribution >= 0.6 is 0 Å². The lowest BCUT2D eigenvalue weighted by molar-refractivity contribution is -0.113. The van der Waals surface area contributed by atoms with Gasteiger partial charge in [-0.25, -0.2) is 4.68 Å². The summed E-state index contributed by atoms with van der Waals surface area (Å²) in [6.45, 7) is 4.44. The molecule has 0 saturated carbocycles. The molecule has 1 unspecified atom stereocenters. The van der Waals surface area contributed by atoms with Gasteiger partial charge < -0.3 is 10.1 Å². The number of para-hydroxylation sites is 1. The normalized spacial score (nSPS) is 14.5. The summed E-state index contributed by atoms with van der Waals surface area (Å²) in [5.41, 5.74) is 1.53. The molecule has 0 radical (unpaired) electrons. The van der Waals surface area contributed by atoms with E-state index in [1.54, 1.807) is 6.20 Å². The van der Waals surface area contributed by atoms with Crippen LogP contribution in [0.1, 0.15) is 31.9 Å². The monoisotopic (exact) mass is 297 g/mol. The van der Waals surface area contributed by atoms with E-state index in [2.05, 4.69) is 24.3 Å².